The number of halogens is 3. The van der Waals surface area contributed by atoms with Crippen LogP contribution in [0.3, 0.4) is 0 Å². The molecular formula is C28H29F3N8O2. The van der Waals surface area contributed by atoms with E-state index in [0.29, 0.717) is 40.8 Å². The molecule has 4 aromatic rings. The van der Waals surface area contributed by atoms with Gasteiger partial charge in [-0.1, -0.05) is 24.3 Å². The molecule has 1 fully saturated rings. The van der Waals surface area contributed by atoms with E-state index in [9.17, 15) is 13.2 Å². The van der Waals surface area contributed by atoms with Gasteiger partial charge < -0.3 is 19.4 Å². The Morgan fingerprint density at radius 1 is 1.12 bits per heavy atom. The maximum atomic E-state index is 13.2. The molecule has 41 heavy (non-hydrogen) atoms. The fourth-order valence-corrected chi connectivity index (χ4v) is 4.54. The second kappa shape index (κ2) is 11.1. The van der Waals surface area contributed by atoms with Crippen LogP contribution >= 0.6 is 0 Å². The second-order valence-corrected chi connectivity index (χ2v) is 9.63. The highest BCUT2D eigenvalue weighted by atomic mass is 19.4. The van der Waals surface area contributed by atoms with E-state index in [1.165, 1.54) is 31.3 Å². The first-order chi connectivity index (χ1) is 19.6. The first-order valence-corrected chi connectivity index (χ1v) is 13.0. The van der Waals surface area contributed by atoms with E-state index >= 15 is 0 Å². The van der Waals surface area contributed by atoms with Crippen molar-refractivity contribution in [2.24, 2.45) is 0 Å². The van der Waals surface area contributed by atoms with Crippen molar-refractivity contribution in [3.63, 3.8) is 0 Å². The van der Waals surface area contributed by atoms with Crippen LogP contribution in [0.25, 0.3) is 22.8 Å². The molecule has 5 rings (SSSR count). The van der Waals surface area contributed by atoms with Crippen molar-refractivity contribution < 1.29 is 22.6 Å². The number of nitrogens with zero attached hydrogens (tertiary/aromatic N) is 6. The molecule has 1 saturated carbocycles. The summed E-state index contributed by atoms with van der Waals surface area (Å²) in [5.41, 5.74) is 2.26. The van der Waals surface area contributed by atoms with E-state index in [1.807, 2.05) is 19.1 Å². The Morgan fingerprint density at radius 2 is 1.85 bits per heavy atom. The summed E-state index contributed by atoms with van der Waals surface area (Å²) in [4.78, 5) is 21.8. The Labute approximate surface area is 234 Å². The summed E-state index contributed by atoms with van der Waals surface area (Å²) in [5.74, 6) is 1.49. The molecule has 13 heteroatoms. The molecule has 1 aliphatic carbocycles. The number of imidazole rings is 1. The number of nitrogens with one attached hydrogen (secondary N) is 2. The van der Waals surface area contributed by atoms with Gasteiger partial charge in [-0.25, -0.2) is 24.9 Å². The maximum absolute atomic E-state index is 13.2. The third-order valence-electron chi connectivity index (χ3n) is 6.89. The van der Waals surface area contributed by atoms with Crippen molar-refractivity contribution >= 4 is 11.7 Å². The van der Waals surface area contributed by atoms with Gasteiger partial charge in [0, 0.05) is 36.5 Å². The molecule has 0 aliphatic heterocycles. The SMILES string of the molecule is CCn1cc(C(F)(F)F)nc1-c1ccc([C@H](C)Nc2nc(-c3c(OC)ncnc3C3CC3)ncc2C(=N)OC)cc1. The Hall–Kier alpha value is -4.55. The van der Waals surface area contributed by atoms with Crippen molar-refractivity contribution in [2.45, 2.75) is 51.4 Å². The molecule has 2 N–H and O–H groups in total. The molecule has 1 atom stereocenters. The quantitative estimate of drug-likeness (QED) is 0.191. The predicted octanol–water partition coefficient (Wildman–Crippen LogP) is 5.87. The topological polar surface area (TPSA) is 124 Å². The highest BCUT2D eigenvalue weighted by Gasteiger charge is 2.35. The summed E-state index contributed by atoms with van der Waals surface area (Å²) in [5, 5.41) is 11.6. The molecule has 0 bridgehead atoms. The first kappa shape index (κ1) is 28.0. The monoisotopic (exact) mass is 566 g/mol. The van der Waals surface area contributed by atoms with E-state index in [0.717, 1.165) is 30.3 Å². The van der Waals surface area contributed by atoms with Crippen LogP contribution in [0.15, 0.2) is 43.0 Å². The van der Waals surface area contributed by atoms with Crippen LogP contribution < -0.4 is 10.1 Å². The summed E-state index contributed by atoms with van der Waals surface area (Å²) in [6.07, 6.45) is 1.49. The van der Waals surface area contributed by atoms with Crippen molar-refractivity contribution in [1.29, 1.82) is 5.41 Å². The molecule has 0 radical (unpaired) electrons. The number of ether oxygens (including phenoxy) is 2. The number of anilines is 1. The van der Waals surface area contributed by atoms with Crippen LogP contribution in [0, 0.1) is 5.41 Å². The summed E-state index contributed by atoms with van der Waals surface area (Å²) >= 11 is 0. The number of hydrogen-bond acceptors (Lipinski definition) is 9. The molecule has 0 amide bonds. The Bertz CT molecular complexity index is 1570. The lowest BCUT2D eigenvalue weighted by Crippen LogP contribution is -2.15. The first-order valence-electron chi connectivity index (χ1n) is 13.0. The summed E-state index contributed by atoms with van der Waals surface area (Å²) < 4.78 is 51.9. The molecule has 0 spiro atoms. The smallest absolute Gasteiger partial charge is 0.434 e. The molecule has 3 heterocycles. The fraction of sp³-hybridized carbons (Fsp3) is 0.357. The highest BCUT2D eigenvalue weighted by Crippen LogP contribution is 2.45. The van der Waals surface area contributed by atoms with Crippen LogP contribution in [-0.2, 0) is 17.5 Å². The molecule has 3 aromatic heterocycles. The van der Waals surface area contributed by atoms with Crippen LogP contribution in [0.4, 0.5) is 19.0 Å². The van der Waals surface area contributed by atoms with Gasteiger partial charge in [-0.2, -0.15) is 13.2 Å². The normalized spacial score (nSPS) is 14.0. The standard InChI is InChI=1S/C28H29F3N8O2/c1-5-39-13-20(28(29,30)31)37-26(39)18-10-6-16(7-11-18)15(2)36-24-19(23(32)40-3)12-33-25(38-24)21-22(17-8-9-17)34-14-35-27(21)41-4/h6-7,10-15,17,32H,5,8-9H2,1-4H3,(H,33,36,38)/t15-/m0/s1. The van der Waals surface area contributed by atoms with Crippen LogP contribution in [-0.4, -0.2) is 49.6 Å². The van der Waals surface area contributed by atoms with E-state index in [1.54, 1.807) is 19.1 Å². The summed E-state index contributed by atoms with van der Waals surface area (Å²) in [6.45, 7) is 4.03. The number of rotatable bonds is 9. The Morgan fingerprint density at radius 3 is 2.46 bits per heavy atom. The molecule has 0 unspecified atom stereocenters. The van der Waals surface area contributed by atoms with E-state index in [4.69, 9.17) is 19.9 Å². The Balaban J connectivity index is 1.46. The third kappa shape index (κ3) is 5.70. The molecular weight excluding hydrogens is 537 g/mol. The lowest BCUT2D eigenvalue weighted by Gasteiger charge is -2.19. The minimum Gasteiger partial charge on any atom is -0.481 e. The molecule has 0 saturated heterocycles. The fourth-order valence-electron chi connectivity index (χ4n) is 4.54. The number of methoxy groups -OCH3 is 2. The average molecular weight is 567 g/mol. The predicted molar refractivity (Wildman–Crippen MR) is 146 cm³/mol. The third-order valence-corrected chi connectivity index (χ3v) is 6.89. The highest BCUT2D eigenvalue weighted by molar-refractivity contribution is 5.96. The summed E-state index contributed by atoms with van der Waals surface area (Å²) in [6, 6.07) is 6.80. The number of alkyl halides is 3. The summed E-state index contributed by atoms with van der Waals surface area (Å²) in [7, 11) is 2.92. The zero-order valence-corrected chi connectivity index (χ0v) is 23.0. The lowest BCUT2D eigenvalue weighted by atomic mass is 10.1. The van der Waals surface area contributed by atoms with Crippen molar-refractivity contribution in [3.05, 3.63) is 65.5 Å². The Kier molecular flexibility index (Phi) is 7.61. The van der Waals surface area contributed by atoms with Gasteiger partial charge in [-0.15, -0.1) is 0 Å². The minimum atomic E-state index is -4.52. The van der Waals surface area contributed by atoms with E-state index in [-0.39, 0.29) is 23.7 Å². The van der Waals surface area contributed by atoms with Gasteiger partial charge in [0.05, 0.1) is 25.5 Å². The maximum Gasteiger partial charge on any atom is 0.434 e. The van der Waals surface area contributed by atoms with Gasteiger partial charge in [0.1, 0.15) is 23.5 Å². The molecule has 10 nitrogen and oxygen atoms in total. The minimum absolute atomic E-state index is 0.118. The number of hydrogen-bond donors (Lipinski definition) is 2. The number of benzene rings is 1. The van der Waals surface area contributed by atoms with Gasteiger partial charge in [-0.05, 0) is 32.3 Å². The van der Waals surface area contributed by atoms with Gasteiger partial charge >= 0.3 is 6.18 Å². The molecule has 1 aromatic carbocycles. The van der Waals surface area contributed by atoms with Crippen molar-refractivity contribution in [2.75, 3.05) is 19.5 Å². The van der Waals surface area contributed by atoms with Gasteiger partial charge in [-0.3, -0.25) is 5.41 Å². The van der Waals surface area contributed by atoms with Crippen LogP contribution in [0.5, 0.6) is 5.88 Å². The van der Waals surface area contributed by atoms with Crippen LogP contribution in [0.2, 0.25) is 0 Å². The van der Waals surface area contributed by atoms with E-state index < -0.39 is 11.9 Å². The van der Waals surface area contributed by atoms with Gasteiger partial charge in [0.2, 0.25) is 11.8 Å². The van der Waals surface area contributed by atoms with Gasteiger partial charge in [0.25, 0.3) is 0 Å². The molecule has 214 valence electrons. The lowest BCUT2D eigenvalue weighted by molar-refractivity contribution is -0.140. The largest absolute Gasteiger partial charge is 0.481 e. The second-order valence-electron chi connectivity index (χ2n) is 9.63. The van der Waals surface area contributed by atoms with Crippen molar-refractivity contribution in [1.82, 2.24) is 29.5 Å². The number of aromatic nitrogens is 6. The average Bonchev–Trinajstić information content (AvgIpc) is 3.73. The van der Waals surface area contributed by atoms with Crippen molar-refractivity contribution in [3.8, 4) is 28.7 Å². The van der Waals surface area contributed by atoms with Gasteiger partial charge in [0.15, 0.2) is 11.5 Å². The van der Waals surface area contributed by atoms with Crippen LogP contribution in [0.1, 0.15) is 61.2 Å². The zero-order valence-electron chi connectivity index (χ0n) is 23.0. The number of aryl methyl sites for hydroxylation is 1. The van der Waals surface area contributed by atoms with E-state index in [2.05, 4.69) is 25.3 Å². The molecule has 1 aliphatic rings. The zero-order chi connectivity index (χ0) is 29.3.